The average molecular weight is 372 g/mol. The Morgan fingerprint density at radius 3 is 2.32 bits per heavy atom. The van der Waals surface area contributed by atoms with Crippen LogP contribution in [0.25, 0.3) is 0 Å². The summed E-state index contributed by atoms with van der Waals surface area (Å²) in [6.45, 7) is 0. The fourth-order valence-corrected chi connectivity index (χ4v) is 3.54. The van der Waals surface area contributed by atoms with Crippen LogP contribution in [-0.2, 0) is 12.8 Å². The van der Waals surface area contributed by atoms with Gasteiger partial charge >= 0.3 is 0 Å². The SMILES string of the molecule is COc1ccc(CCc2ccccc2N2C(=O)c3cccc(N)c3C2=O)cc1. The van der Waals surface area contributed by atoms with Gasteiger partial charge in [-0.2, -0.15) is 0 Å². The maximum absolute atomic E-state index is 12.9. The Morgan fingerprint density at radius 1 is 0.857 bits per heavy atom. The molecular formula is C23H20N2O3. The number of methoxy groups -OCH3 is 1. The predicted octanol–water partition coefficient (Wildman–Crippen LogP) is 3.86. The molecule has 3 aromatic carbocycles. The number of fused-ring (bicyclic) bond motifs is 1. The van der Waals surface area contributed by atoms with Crippen LogP contribution < -0.4 is 15.4 Å². The Balaban J connectivity index is 1.62. The number of para-hydroxylation sites is 1. The van der Waals surface area contributed by atoms with Crippen LogP contribution in [0, 0.1) is 0 Å². The number of imide groups is 1. The minimum Gasteiger partial charge on any atom is -0.497 e. The van der Waals surface area contributed by atoms with E-state index in [9.17, 15) is 9.59 Å². The van der Waals surface area contributed by atoms with Gasteiger partial charge in [0.25, 0.3) is 11.8 Å². The highest BCUT2D eigenvalue weighted by Gasteiger charge is 2.38. The largest absolute Gasteiger partial charge is 0.497 e. The number of rotatable bonds is 5. The van der Waals surface area contributed by atoms with E-state index in [0.29, 0.717) is 23.4 Å². The highest BCUT2D eigenvalue weighted by molar-refractivity contribution is 6.36. The summed E-state index contributed by atoms with van der Waals surface area (Å²) in [4.78, 5) is 27.1. The molecule has 1 aliphatic rings. The molecule has 5 heteroatoms. The van der Waals surface area contributed by atoms with E-state index in [1.807, 2.05) is 42.5 Å². The van der Waals surface area contributed by atoms with Gasteiger partial charge < -0.3 is 10.5 Å². The molecular weight excluding hydrogens is 352 g/mol. The highest BCUT2D eigenvalue weighted by atomic mass is 16.5. The Hall–Kier alpha value is -3.60. The zero-order valence-corrected chi connectivity index (χ0v) is 15.5. The number of aryl methyl sites for hydroxylation is 2. The van der Waals surface area contributed by atoms with Gasteiger partial charge in [0.15, 0.2) is 0 Å². The third-order valence-corrected chi connectivity index (χ3v) is 5.02. The molecule has 4 rings (SSSR count). The van der Waals surface area contributed by atoms with Crippen molar-refractivity contribution in [1.29, 1.82) is 0 Å². The molecule has 0 radical (unpaired) electrons. The Kier molecular flexibility index (Phi) is 4.57. The molecule has 0 spiro atoms. The number of hydrogen-bond donors (Lipinski definition) is 1. The topological polar surface area (TPSA) is 72.6 Å². The number of anilines is 2. The molecule has 0 fully saturated rings. The van der Waals surface area contributed by atoms with Crippen LogP contribution >= 0.6 is 0 Å². The van der Waals surface area contributed by atoms with Gasteiger partial charge in [-0.05, 0) is 54.3 Å². The van der Waals surface area contributed by atoms with E-state index in [-0.39, 0.29) is 17.4 Å². The van der Waals surface area contributed by atoms with Crippen molar-refractivity contribution in [3.63, 3.8) is 0 Å². The van der Waals surface area contributed by atoms with E-state index in [1.165, 1.54) is 4.90 Å². The van der Waals surface area contributed by atoms with Crippen molar-refractivity contribution in [3.05, 3.63) is 89.0 Å². The lowest BCUT2D eigenvalue weighted by Crippen LogP contribution is -2.30. The van der Waals surface area contributed by atoms with Crippen molar-refractivity contribution in [2.24, 2.45) is 0 Å². The number of carbonyl (C=O) groups is 2. The van der Waals surface area contributed by atoms with E-state index in [2.05, 4.69) is 0 Å². The zero-order chi connectivity index (χ0) is 19.7. The Bertz CT molecular complexity index is 1060. The van der Waals surface area contributed by atoms with Crippen molar-refractivity contribution in [2.45, 2.75) is 12.8 Å². The number of hydrogen-bond acceptors (Lipinski definition) is 4. The third-order valence-electron chi connectivity index (χ3n) is 5.02. The molecule has 1 heterocycles. The van der Waals surface area contributed by atoms with E-state index in [4.69, 9.17) is 10.5 Å². The number of benzene rings is 3. The first-order valence-electron chi connectivity index (χ1n) is 9.08. The van der Waals surface area contributed by atoms with E-state index < -0.39 is 0 Å². The first-order chi connectivity index (χ1) is 13.6. The van der Waals surface area contributed by atoms with Crippen molar-refractivity contribution in [2.75, 3.05) is 17.7 Å². The maximum atomic E-state index is 12.9. The third kappa shape index (κ3) is 3.01. The number of nitrogens with zero attached hydrogens (tertiary/aromatic N) is 1. The number of nitrogens with two attached hydrogens (primary N) is 1. The predicted molar refractivity (Wildman–Crippen MR) is 109 cm³/mol. The van der Waals surface area contributed by atoms with E-state index in [1.54, 1.807) is 31.4 Å². The molecule has 28 heavy (non-hydrogen) atoms. The van der Waals surface area contributed by atoms with Crippen LogP contribution in [0.2, 0.25) is 0 Å². The maximum Gasteiger partial charge on any atom is 0.268 e. The summed E-state index contributed by atoms with van der Waals surface area (Å²) in [6.07, 6.45) is 1.48. The first kappa shape index (κ1) is 17.8. The van der Waals surface area contributed by atoms with Crippen LogP contribution in [0.5, 0.6) is 5.75 Å². The molecule has 1 aliphatic heterocycles. The second kappa shape index (κ2) is 7.19. The minimum absolute atomic E-state index is 0.289. The average Bonchev–Trinajstić information content (AvgIpc) is 2.98. The molecule has 5 nitrogen and oxygen atoms in total. The molecule has 0 saturated heterocycles. The molecule has 0 unspecified atom stereocenters. The quantitative estimate of drug-likeness (QED) is 0.545. The summed E-state index contributed by atoms with van der Waals surface area (Å²) in [7, 11) is 1.64. The second-order valence-corrected chi connectivity index (χ2v) is 6.69. The molecule has 140 valence electrons. The lowest BCUT2D eigenvalue weighted by molar-refractivity contribution is 0.0926. The lowest BCUT2D eigenvalue weighted by atomic mass is 10.0. The number of amides is 2. The Morgan fingerprint density at radius 2 is 1.61 bits per heavy atom. The second-order valence-electron chi connectivity index (χ2n) is 6.69. The summed E-state index contributed by atoms with van der Waals surface area (Å²) >= 11 is 0. The molecule has 0 aliphatic carbocycles. The molecule has 3 aromatic rings. The standard InChI is InChI=1S/C23H20N2O3/c1-28-17-13-10-15(11-14-17)9-12-16-5-2-3-8-20(16)25-22(26)18-6-4-7-19(24)21(18)23(25)27/h2-8,10-11,13-14H,9,12,24H2,1H3. The van der Waals surface area contributed by atoms with Gasteiger partial charge in [0, 0.05) is 5.69 Å². The van der Waals surface area contributed by atoms with Gasteiger partial charge in [0.2, 0.25) is 0 Å². The van der Waals surface area contributed by atoms with Gasteiger partial charge in [-0.15, -0.1) is 0 Å². The van der Waals surface area contributed by atoms with Crippen LogP contribution in [0.3, 0.4) is 0 Å². The molecule has 0 bridgehead atoms. The van der Waals surface area contributed by atoms with Crippen molar-refractivity contribution < 1.29 is 14.3 Å². The van der Waals surface area contributed by atoms with Gasteiger partial charge in [-0.25, -0.2) is 4.90 Å². The van der Waals surface area contributed by atoms with Gasteiger partial charge in [0.1, 0.15) is 5.75 Å². The molecule has 0 saturated carbocycles. The summed E-state index contributed by atoms with van der Waals surface area (Å²) in [6, 6.07) is 20.4. The van der Waals surface area contributed by atoms with Crippen molar-refractivity contribution >= 4 is 23.2 Å². The normalized spacial score (nSPS) is 13.0. The fourth-order valence-electron chi connectivity index (χ4n) is 3.54. The summed E-state index contributed by atoms with van der Waals surface area (Å²) < 4.78 is 5.19. The summed E-state index contributed by atoms with van der Waals surface area (Å²) in [5.74, 6) is 0.118. The Labute approximate surface area is 163 Å². The van der Waals surface area contributed by atoms with Crippen LogP contribution in [0.15, 0.2) is 66.7 Å². The fraction of sp³-hybridized carbons (Fsp3) is 0.130. The zero-order valence-electron chi connectivity index (χ0n) is 15.5. The highest BCUT2D eigenvalue weighted by Crippen LogP contribution is 2.33. The molecule has 2 amide bonds. The number of carbonyl (C=O) groups excluding carboxylic acids is 2. The first-order valence-corrected chi connectivity index (χ1v) is 9.08. The minimum atomic E-state index is -0.366. The molecule has 0 aromatic heterocycles. The van der Waals surface area contributed by atoms with Crippen LogP contribution in [-0.4, -0.2) is 18.9 Å². The summed E-state index contributed by atoms with van der Waals surface area (Å²) in [5, 5.41) is 0. The van der Waals surface area contributed by atoms with E-state index in [0.717, 1.165) is 23.3 Å². The van der Waals surface area contributed by atoms with Crippen LogP contribution in [0.1, 0.15) is 31.8 Å². The monoisotopic (exact) mass is 372 g/mol. The number of ether oxygens (including phenoxy) is 1. The van der Waals surface area contributed by atoms with Gasteiger partial charge in [0.05, 0.1) is 23.9 Å². The smallest absolute Gasteiger partial charge is 0.268 e. The number of nitrogen functional groups attached to an aromatic ring is 1. The van der Waals surface area contributed by atoms with Gasteiger partial charge in [-0.3, -0.25) is 9.59 Å². The van der Waals surface area contributed by atoms with Gasteiger partial charge in [-0.1, -0.05) is 36.4 Å². The molecule has 2 N–H and O–H groups in total. The van der Waals surface area contributed by atoms with Crippen molar-refractivity contribution in [3.8, 4) is 5.75 Å². The van der Waals surface area contributed by atoms with Crippen molar-refractivity contribution in [1.82, 2.24) is 0 Å². The molecule has 0 atom stereocenters. The lowest BCUT2D eigenvalue weighted by Gasteiger charge is -2.18. The van der Waals surface area contributed by atoms with E-state index >= 15 is 0 Å². The van der Waals surface area contributed by atoms with Crippen LogP contribution in [0.4, 0.5) is 11.4 Å². The summed E-state index contributed by atoms with van der Waals surface area (Å²) in [5.41, 5.74) is 9.63.